The van der Waals surface area contributed by atoms with Gasteiger partial charge in [0.2, 0.25) is 0 Å². The van der Waals surface area contributed by atoms with E-state index in [1.807, 2.05) is 11.8 Å². The molecule has 0 spiro atoms. The first-order chi connectivity index (χ1) is 9.20. The van der Waals surface area contributed by atoms with Gasteiger partial charge in [-0.05, 0) is 45.1 Å². The molecule has 2 N–H and O–H groups in total. The van der Waals surface area contributed by atoms with Crippen LogP contribution in [0.15, 0.2) is 0 Å². The molecule has 2 aliphatic rings. The predicted molar refractivity (Wildman–Crippen MR) is 80.0 cm³/mol. The van der Waals surface area contributed by atoms with Crippen LogP contribution in [-0.2, 0) is 14.3 Å². The highest BCUT2D eigenvalue weighted by atomic mass is 35.5. The van der Waals surface area contributed by atoms with Crippen molar-refractivity contribution >= 4 is 18.3 Å². The molecule has 0 saturated carbocycles. The lowest BCUT2D eigenvalue weighted by atomic mass is 10.1. The first-order valence-corrected chi connectivity index (χ1v) is 7.42. The van der Waals surface area contributed by atoms with E-state index in [2.05, 4.69) is 0 Å². The summed E-state index contributed by atoms with van der Waals surface area (Å²) in [5.74, 6) is 0.546. The molecule has 118 valence electrons. The molecule has 0 aliphatic carbocycles. The molecule has 20 heavy (non-hydrogen) atoms. The van der Waals surface area contributed by atoms with Crippen LogP contribution >= 0.6 is 12.4 Å². The molecule has 0 aromatic carbocycles. The van der Waals surface area contributed by atoms with E-state index in [0.717, 1.165) is 39.0 Å². The molecule has 3 unspecified atom stereocenters. The average molecular weight is 307 g/mol. The number of carbonyl (C=O) groups is 1. The van der Waals surface area contributed by atoms with Crippen molar-refractivity contribution in [3.8, 4) is 0 Å². The molecule has 1 amide bonds. The van der Waals surface area contributed by atoms with Gasteiger partial charge in [0.05, 0.1) is 12.7 Å². The Morgan fingerprint density at radius 3 is 2.85 bits per heavy atom. The number of rotatable bonds is 5. The van der Waals surface area contributed by atoms with Crippen LogP contribution in [0.4, 0.5) is 0 Å². The summed E-state index contributed by atoms with van der Waals surface area (Å²) in [4.78, 5) is 14.1. The number of nitrogens with two attached hydrogens (primary N) is 1. The van der Waals surface area contributed by atoms with Gasteiger partial charge in [-0.1, -0.05) is 0 Å². The van der Waals surface area contributed by atoms with Gasteiger partial charge in [0.15, 0.2) is 0 Å². The van der Waals surface area contributed by atoms with Crippen molar-refractivity contribution in [3.05, 3.63) is 0 Å². The van der Waals surface area contributed by atoms with Crippen molar-refractivity contribution in [1.29, 1.82) is 0 Å². The van der Waals surface area contributed by atoms with Gasteiger partial charge in [-0.25, -0.2) is 0 Å². The van der Waals surface area contributed by atoms with Crippen LogP contribution in [-0.4, -0.2) is 55.9 Å². The Balaban J connectivity index is 0.00000200. The lowest BCUT2D eigenvalue weighted by molar-refractivity contribution is -0.145. The summed E-state index contributed by atoms with van der Waals surface area (Å²) in [6.45, 7) is 5.44. The van der Waals surface area contributed by atoms with Crippen LogP contribution in [0.25, 0.3) is 0 Å². The van der Waals surface area contributed by atoms with Gasteiger partial charge in [0.1, 0.15) is 6.10 Å². The van der Waals surface area contributed by atoms with Gasteiger partial charge in [-0.2, -0.15) is 0 Å². The standard InChI is InChI=1S/C14H26N2O3.ClH/c1-11(19-10-13-4-2-3-7-18-13)14(17)16-6-5-12(8-15)9-16;/h11-13H,2-10,15H2,1H3;1H. The third-order valence-corrected chi connectivity index (χ3v) is 4.08. The van der Waals surface area contributed by atoms with E-state index in [4.69, 9.17) is 15.2 Å². The first kappa shape index (κ1) is 17.7. The zero-order valence-corrected chi connectivity index (χ0v) is 13.1. The van der Waals surface area contributed by atoms with Gasteiger partial charge in [0.25, 0.3) is 5.91 Å². The van der Waals surface area contributed by atoms with E-state index in [0.29, 0.717) is 19.1 Å². The van der Waals surface area contributed by atoms with Crippen molar-refractivity contribution in [2.24, 2.45) is 11.7 Å². The second-order valence-corrected chi connectivity index (χ2v) is 5.64. The van der Waals surface area contributed by atoms with E-state index in [1.165, 1.54) is 6.42 Å². The van der Waals surface area contributed by atoms with Crippen LogP contribution < -0.4 is 5.73 Å². The molecule has 2 aliphatic heterocycles. The Hall–Kier alpha value is -0.360. The summed E-state index contributed by atoms with van der Waals surface area (Å²) in [7, 11) is 0. The molecule has 0 bridgehead atoms. The van der Waals surface area contributed by atoms with Crippen LogP contribution in [0.1, 0.15) is 32.6 Å². The van der Waals surface area contributed by atoms with Crippen molar-refractivity contribution < 1.29 is 14.3 Å². The SMILES string of the molecule is CC(OCC1CCCCO1)C(=O)N1CCC(CN)C1.Cl. The number of hydrogen-bond donors (Lipinski definition) is 1. The van der Waals surface area contributed by atoms with Crippen LogP contribution in [0.2, 0.25) is 0 Å². The number of ether oxygens (including phenoxy) is 2. The molecule has 3 atom stereocenters. The number of carbonyl (C=O) groups excluding carboxylic acids is 1. The Kier molecular flexibility index (Phi) is 7.80. The summed E-state index contributed by atoms with van der Waals surface area (Å²) >= 11 is 0. The summed E-state index contributed by atoms with van der Waals surface area (Å²) in [6.07, 6.45) is 4.18. The van der Waals surface area contributed by atoms with Gasteiger partial charge in [0, 0.05) is 19.7 Å². The molecule has 2 saturated heterocycles. The number of nitrogens with zero attached hydrogens (tertiary/aromatic N) is 1. The fourth-order valence-electron chi connectivity index (χ4n) is 2.74. The number of halogens is 1. The predicted octanol–water partition coefficient (Wildman–Crippen LogP) is 1.19. The third kappa shape index (κ3) is 4.88. The van der Waals surface area contributed by atoms with Crippen molar-refractivity contribution in [2.45, 2.75) is 44.8 Å². The Morgan fingerprint density at radius 2 is 2.25 bits per heavy atom. The normalized spacial score (nSPS) is 28.0. The molecule has 2 rings (SSSR count). The highest BCUT2D eigenvalue weighted by Gasteiger charge is 2.29. The van der Waals surface area contributed by atoms with Crippen LogP contribution in [0.5, 0.6) is 0 Å². The number of amides is 1. The average Bonchev–Trinajstić information content (AvgIpc) is 2.94. The van der Waals surface area contributed by atoms with Gasteiger partial charge in [-0.15, -0.1) is 12.4 Å². The maximum absolute atomic E-state index is 12.2. The van der Waals surface area contributed by atoms with E-state index in [9.17, 15) is 4.79 Å². The van der Waals surface area contributed by atoms with Crippen LogP contribution in [0.3, 0.4) is 0 Å². The zero-order chi connectivity index (χ0) is 13.7. The van der Waals surface area contributed by atoms with Crippen molar-refractivity contribution in [3.63, 3.8) is 0 Å². The lowest BCUT2D eigenvalue weighted by Crippen LogP contribution is -2.39. The maximum Gasteiger partial charge on any atom is 0.251 e. The van der Waals surface area contributed by atoms with E-state index in [-0.39, 0.29) is 30.5 Å². The second kappa shape index (κ2) is 8.82. The minimum Gasteiger partial charge on any atom is -0.376 e. The fraction of sp³-hybridized carbons (Fsp3) is 0.929. The molecule has 0 aromatic rings. The molecule has 0 aromatic heterocycles. The Labute approximate surface area is 127 Å². The molecule has 2 fully saturated rings. The third-order valence-electron chi connectivity index (χ3n) is 4.08. The first-order valence-electron chi connectivity index (χ1n) is 7.42. The number of hydrogen-bond acceptors (Lipinski definition) is 4. The zero-order valence-electron chi connectivity index (χ0n) is 12.3. The van der Waals surface area contributed by atoms with E-state index < -0.39 is 0 Å². The summed E-state index contributed by atoms with van der Waals surface area (Å²) in [6, 6.07) is 0. The highest BCUT2D eigenvalue weighted by Crippen LogP contribution is 2.17. The quantitative estimate of drug-likeness (QED) is 0.828. The van der Waals surface area contributed by atoms with Crippen molar-refractivity contribution in [2.75, 3.05) is 32.8 Å². The van der Waals surface area contributed by atoms with Gasteiger partial charge in [-0.3, -0.25) is 4.79 Å². The molecular formula is C14H27ClN2O3. The van der Waals surface area contributed by atoms with Crippen molar-refractivity contribution in [1.82, 2.24) is 4.90 Å². The smallest absolute Gasteiger partial charge is 0.251 e. The molecule has 6 heteroatoms. The van der Waals surface area contributed by atoms with Gasteiger partial charge < -0.3 is 20.1 Å². The minimum atomic E-state index is -0.373. The lowest BCUT2D eigenvalue weighted by Gasteiger charge is -2.25. The number of likely N-dealkylation sites (tertiary alicyclic amines) is 1. The molecule has 2 heterocycles. The summed E-state index contributed by atoms with van der Waals surface area (Å²) in [5, 5.41) is 0. The molecule has 5 nitrogen and oxygen atoms in total. The summed E-state index contributed by atoms with van der Waals surface area (Å²) in [5.41, 5.74) is 5.64. The second-order valence-electron chi connectivity index (χ2n) is 5.64. The minimum absolute atomic E-state index is 0. The highest BCUT2D eigenvalue weighted by molar-refractivity contribution is 5.85. The molecule has 0 radical (unpaired) electrons. The monoisotopic (exact) mass is 306 g/mol. The fourth-order valence-corrected chi connectivity index (χ4v) is 2.74. The van der Waals surface area contributed by atoms with E-state index >= 15 is 0 Å². The topological polar surface area (TPSA) is 64.8 Å². The Morgan fingerprint density at radius 1 is 1.45 bits per heavy atom. The van der Waals surface area contributed by atoms with Crippen LogP contribution in [0, 0.1) is 5.92 Å². The Bertz CT molecular complexity index is 298. The largest absolute Gasteiger partial charge is 0.376 e. The van der Waals surface area contributed by atoms with Gasteiger partial charge >= 0.3 is 0 Å². The molecular weight excluding hydrogens is 280 g/mol. The van der Waals surface area contributed by atoms with E-state index in [1.54, 1.807) is 0 Å². The maximum atomic E-state index is 12.2. The summed E-state index contributed by atoms with van der Waals surface area (Å²) < 4.78 is 11.3.